The number of nitrogens with one attached hydrogen (secondary N) is 2. The second-order valence-corrected chi connectivity index (χ2v) is 10.8. The van der Waals surface area contributed by atoms with Crippen LogP contribution in [-0.2, 0) is 6.54 Å². The van der Waals surface area contributed by atoms with E-state index in [1.165, 1.54) is 17.7 Å². The van der Waals surface area contributed by atoms with E-state index in [0.29, 0.717) is 11.1 Å². The third-order valence-corrected chi connectivity index (χ3v) is 7.95. The Morgan fingerprint density at radius 2 is 1.79 bits per heavy atom. The molecule has 2 fully saturated rings. The van der Waals surface area contributed by atoms with Gasteiger partial charge in [-0.05, 0) is 61.3 Å². The van der Waals surface area contributed by atoms with Gasteiger partial charge in [0.1, 0.15) is 11.3 Å². The van der Waals surface area contributed by atoms with Crippen LogP contribution >= 0.6 is 11.6 Å². The number of benzene rings is 1. The molecule has 2 N–H and O–H groups in total. The van der Waals surface area contributed by atoms with Crippen LogP contribution in [0.5, 0.6) is 0 Å². The van der Waals surface area contributed by atoms with Crippen molar-refractivity contribution in [3.63, 3.8) is 0 Å². The smallest absolute Gasteiger partial charge is 0.159 e. The van der Waals surface area contributed by atoms with Gasteiger partial charge in [0.05, 0.1) is 16.9 Å². The first kappa shape index (κ1) is 25.1. The first-order valence-electron chi connectivity index (χ1n) is 13.7. The van der Waals surface area contributed by atoms with Crippen molar-refractivity contribution in [3.05, 3.63) is 65.6 Å². The summed E-state index contributed by atoms with van der Waals surface area (Å²) >= 11 is 6.59. The molecule has 4 aromatic rings. The molecule has 6 rings (SSSR count). The number of H-pyrrole nitrogens is 1. The minimum Gasteiger partial charge on any atom is -0.378 e. The highest BCUT2D eigenvalue weighted by Gasteiger charge is 2.24. The zero-order valence-corrected chi connectivity index (χ0v) is 22.7. The molecule has 0 radical (unpaired) electrons. The van der Waals surface area contributed by atoms with Gasteiger partial charge in [-0.2, -0.15) is 0 Å². The Kier molecular flexibility index (Phi) is 7.44. The number of fused-ring (bicyclic) bond motifs is 1. The normalized spacial score (nSPS) is 18.9. The van der Waals surface area contributed by atoms with E-state index in [9.17, 15) is 0 Å². The Morgan fingerprint density at radius 1 is 1.00 bits per heavy atom. The van der Waals surface area contributed by atoms with E-state index in [-0.39, 0.29) is 0 Å². The van der Waals surface area contributed by atoms with Gasteiger partial charge in [-0.1, -0.05) is 18.5 Å². The van der Waals surface area contributed by atoms with Crippen molar-refractivity contribution in [1.29, 1.82) is 0 Å². The number of nitrogens with zero attached hydrogens (tertiary/aromatic N) is 6. The lowest BCUT2D eigenvalue weighted by Gasteiger charge is -2.36. The van der Waals surface area contributed by atoms with E-state index >= 15 is 0 Å². The van der Waals surface area contributed by atoms with E-state index in [1.807, 2.05) is 12.4 Å². The summed E-state index contributed by atoms with van der Waals surface area (Å²) in [5.41, 5.74) is 6.04. The van der Waals surface area contributed by atoms with Crippen molar-refractivity contribution in [1.82, 2.24) is 29.7 Å². The van der Waals surface area contributed by atoms with Crippen LogP contribution < -0.4 is 10.2 Å². The standard InChI is InChI=1S/C29H35ClN8/c1-2-12-36-13-9-23(20-36)33-26-25(30)18-32-29-27(26)34-28(35-29)22-3-5-24(6-4-22)38-16-14-37(15-17-38)19-21-7-10-31-11-8-21/h3-8,10-11,18,23H,2,9,12-17,19-20H2,1H3,(H2,32,33,34,35)/t23-/m0/s1. The molecule has 9 heteroatoms. The number of likely N-dealkylation sites (tertiary alicyclic amines) is 1. The minimum atomic E-state index is 0.370. The topological polar surface area (TPSA) is 76.2 Å². The van der Waals surface area contributed by atoms with Gasteiger partial charge in [0.25, 0.3) is 0 Å². The van der Waals surface area contributed by atoms with Crippen LogP contribution in [-0.4, -0.2) is 81.6 Å². The van der Waals surface area contributed by atoms with Gasteiger partial charge in [-0.25, -0.2) is 9.97 Å². The maximum Gasteiger partial charge on any atom is 0.159 e. The summed E-state index contributed by atoms with van der Waals surface area (Å²) in [5.74, 6) is 0.811. The molecular formula is C29H35ClN8. The highest BCUT2D eigenvalue weighted by Crippen LogP contribution is 2.32. The Morgan fingerprint density at radius 3 is 2.55 bits per heavy atom. The average Bonchev–Trinajstić information content (AvgIpc) is 3.59. The Balaban J connectivity index is 1.12. The summed E-state index contributed by atoms with van der Waals surface area (Å²) in [6.07, 6.45) is 7.74. The number of hydrogen-bond acceptors (Lipinski definition) is 7. The van der Waals surface area contributed by atoms with Gasteiger partial charge in [0.2, 0.25) is 0 Å². The quantitative estimate of drug-likeness (QED) is 0.336. The molecule has 0 aliphatic carbocycles. The van der Waals surface area contributed by atoms with Gasteiger partial charge in [0.15, 0.2) is 5.65 Å². The van der Waals surface area contributed by atoms with Crippen LogP contribution in [0.15, 0.2) is 55.0 Å². The van der Waals surface area contributed by atoms with Crippen LogP contribution in [0.4, 0.5) is 11.4 Å². The predicted molar refractivity (Wildman–Crippen MR) is 155 cm³/mol. The monoisotopic (exact) mass is 530 g/mol. The molecule has 8 nitrogen and oxygen atoms in total. The van der Waals surface area contributed by atoms with Crippen molar-refractivity contribution in [2.24, 2.45) is 0 Å². The van der Waals surface area contributed by atoms with Crippen molar-refractivity contribution >= 4 is 34.1 Å². The van der Waals surface area contributed by atoms with Crippen LogP contribution in [0.2, 0.25) is 5.02 Å². The molecule has 2 aliphatic rings. The average molecular weight is 531 g/mol. The van der Waals surface area contributed by atoms with Crippen molar-refractivity contribution in [2.45, 2.75) is 32.4 Å². The van der Waals surface area contributed by atoms with Crippen molar-refractivity contribution in [2.75, 3.05) is 56.0 Å². The fraction of sp³-hybridized carbons (Fsp3) is 0.414. The summed E-state index contributed by atoms with van der Waals surface area (Å²) in [6.45, 7) is 10.6. The van der Waals surface area contributed by atoms with Crippen LogP contribution in [0, 0.1) is 0 Å². The van der Waals surface area contributed by atoms with Crippen LogP contribution in [0.3, 0.4) is 0 Å². The number of piperazine rings is 1. The minimum absolute atomic E-state index is 0.370. The molecule has 0 amide bonds. The number of hydrogen-bond donors (Lipinski definition) is 2. The maximum absolute atomic E-state index is 6.59. The highest BCUT2D eigenvalue weighted by molar-refractivity contribution is 6.34. The Hall–Kier alpha value is -3.20. The zero-order chi connectivity index (χ0) is 25.9. The second-order valence-electron chi connectivity index (χ2n) is 10.4. The van der Waals surface area contributed by atoms with Gasteiger partial charge in [-0.3, -0.25) is 9.88 Å². The fourth-order valence-electron chi connectivity index (χ4n) is 5.62. The van der Waals surface area contributed by atoms with E-state index in [1.54, 1.807) is 6.20 Å². The number of pyridine rings is 2. The van der Waals surface area contributed by atoms with E-state index in [4.69, 9.17) is 16.6 Å². The van der Waals surface area contributed by atoms with Crippen LogP contribution in [0.1, 0.15) is 25.3 Å². The molecular weight excluding hydrogens is 496 g/mol. The molecule has 0 saturated carbocycles. The lowest BCUT2D eigenvalue weighted by molar-refractivity contribution is 0.250. The summed E-state index contributed by atoms with van der Waals surface area (Å²) < 4.78 is 0. The Bertz CT molecular complexity index is 1350. The summed E-state index contributed by atoms with van der Waals surface area (Å²) in [7, 11) is 0. The van der Waals surface area contributed by atoms with Crippen LogP contribution in [0.25, 0.3) is 22.6 Å². The molecule has 0 spiro atoms. The molecule has 38 heavy (non-hydrogen) atoms. The number of rotatable bonds is 8. The summed E-state index contributed by atoms with van der Waals surface area (Å²) in [4.78, 5) is 24.4. The fourth-order valence-corrected chi connectivity index (χ4v) is 5.81. The third-order valence-electron chi connectivity index (χ3n) is 7.66. The van der Waals surface area contributed by atoms with Gasteiger partial charge < -0.3 is 20.1 Å². The van der Waals surface area contributed by atoms with Gasteiger partial charge in [-0.15, -0.1) is 0 Å². The summed E-state index contributed by atoms with van der Waals surface area (Å²) in [6, 6.07) is 13.2. The maximum atomic E-state index is 6.59. The molecule has 2 aliphatic heterocycles. The Labute approximate surface area is 229 Å². The number of imidazole rings is 1. The molecule has 198 valence electrons. The lowest BCUT2D eigenvalue weighted by atomic mass is 10.1. The van der Waals surface area contributed by atoms with E-state index in [0.717, 1.165) is 87.0 Å². The van der Waals surface area contributed by atoms with Crippen molar-refractivity contribution in [3.8, 4) is 11.4 Å². The third kappa shape index (κ3) is 5.48. The molecule has 0 bridgehead atoms. The summed E-state index contributed by atoms with van der Waals surface area (Å²) in [5, 5.41) is 4.28. The molecule has 5 heterocycles. The predicted octanol–water partition coefficient (Wildman–Crippen LogP) is 4.89. The molecule has 1 atom stereocenters. The number of anilines is 2. The van der Waals surface area contributed by atoms with E-state index in [2.05, 4.69) is 78.3 Å². The first-order chi connectivity index (χ1) is 18.7. The van der Waals surface area contributed by atoms with E-state index < -0.39 is 0 Å². The SMILES string of the molecule is CCCN1CC[C@H](Nc2c(Cl)cnc3[nH]c(-c4ccc(N5CCN(Cc6ccncc6)CC5)cc4)nc23)C1. The number of aromatic nitrogens is 4. The van der Waals surface area contributed by atoms with Gasteiger partial charge >= 0.3 is 0 Å². The lowest BCUT2D eigenvalue weighted by Crippen LogP contribution is -2.45. The molecule has 1 aromatic carbocycles. The number of halogens is 1. The molecule has 2 saturated heterocycles. The van der Waals surface area contributed by atoms with Crippen molar-refractivity contribution < 1.29 is 0 Å². The number of aromatic amines is 1. The molecule has 3 aromatic heterocycles. The molecule has 0 unspecified atom stereocenters. The largest absolute Gasteiger partial charge is 0.378 e. The van der Waals surface area contributed by atoms with Gasteiger partial charge in [0, 0.05) is 75.5 Å². The first-order valence-corrected chi connectivity index (χ1v) is 14.0. The second kappa shape index (κ2) is 11.3. The zero-order valence-electron chi connectivity index (χ0n) is 21.9. The highest BCUT2D eigenvalue weighted by atomic mass is 35.5.